The third-order valence-corrected chi connectivity index (χ3v) is 1.78. The first-order valence-corrected chi connectivity index (χ1v) is 3.69. The molecule has 1 rings (SSSR count). The highest BCUT2D eigenvalue weighted by atomic mass is 19.3. The summed E-state index contributed by atoms with van der Waals surface area (Å²) in [5, 5.41) is 0. The highest BCUT2D eigenvalue weighted by Gasteiger charge is 2.13. The third kappa shape index (κ3) is 2.20. The SMILES string of the molecule is Cc1cc(C(F)F)ccc1C(F)F. The Labute approximate surface area is 73.2 Å². The van der Waals surface area contributed by atoms with Crippen LogP contribution in [0.25, 0.3) is 0 Å². The highest BCUT2D eigenvalue weighted by molar-refractivity contribution is 5.32. The van der Waals surface area contributed by atoms with Crippen molar-refractivity contribution in [3.05, 3.63) is 34.9 Å². The van der Waals surface area contributed by atoms with Crippen molar-refractivity contribution in [2.45, 2.75) is 19.8 Å². The van der Waals surface area contributed by atoms with Gasteiger partial charge in [0.15, 0.2) is 0 Å². The monoisotopic (exact) mass is 192 g/mol. The lowest BCUT2D eigenvalue weighted by Gasteiger charge is -2.06. The molecular weight excluding hydrogens is 184 g/mol. The molecule has 0 aliphatic carbocycles. The van der Waals surface area contributed by atoms with E-state index in [9.17, 15) is 17.6 Å². The van der Waals surface area contributed by atoms with Gasteiger partial charge in [-0.2, -0.15) is 0 Å². The minimum absolute atomic E-state index is 0.190. The van der Waals surface area contributed by atoms with Crippen LogP contribution in [-0.4, -0.2) is 0 Å². The van der Waals surface area contributed by atoms with Crippen molar-refractivity contribution in [3.63, 3.8) is 0 Å². The maximum Gasteiger partial charge on any atom is 0.264 e. The molecule has 13 heavy (non-hydrogen) atoms. The molecule has 0 spiro atoms. The van der Waals surface area contributed by atoms with Gasteiger partial charge in [0.05, 0.1) is 0 Å². The molecule has 0 fully saturated rings. The smallest absolute Gasteiger partial charge is 0.205 e. The largest absolute Gasteiger partial charge is 0.264 e. The van der Waals surface area contributed by atoms with Crippen LogP contribution in [0.2, 0.25) is 0 Å². The maximum atomic E-state index is 12.2. The zero-order chi connectivity index (χ0) is 10.0. The van der Waals surface area contributed by atoms with E-state index in [-0.39, 0.29) is 16.7 Å². The van der Waals surface area contributed by atoms with Gasteiger partial charge in [-0.3, -0.25) is 0 Å². The van der Waals surface area contributed by atoms with E-state index >= 15 is 0 Å². The summed E-state index contributed by atoms with van der Waals surface area (Å²) in [7, 11) is 0. The number of aryl methyl sites for hydroxylation is 1. The van der Waals surface area contributed by atoms with Crippen molar-refractivity contribution < 1.29 is 17.6 Å². The van der Waals surface area contributed by atoms with Crippen LogP contribution in [0.1, 0.15) is 29.5 Å². The molecule has 0 aliphatic rings. The molecule has 0 bridgehead atoms. The van der Waals surface area contributed by atoms with Crippen molar-refractivity contribution >= 4 is 0 Å². The van der Waals surface area contributed by atoms with Crippen LogP contribution in [0.4, 0.5) is 17.6 Å². The molecule has 0 radical (unpaired) electrons. The Morgan fingerprint density at radius 1 is 1.00 bits per heavy atom. The first kappa shape index (κ1) is 10.0. The Balaban J connectivity index is 3.06. The van der Waals surface area contributed by atoms with Gasteiger partial charge in [-0.1, -0.05) is 12.1 Å². The third-order valence-electron chi connectivity index (χ3n) is 1.78. The van der Waals surface area contributed by atoms with E-state index in [0.29, 0.717) is 0 Å². The second-order valence-electron chi connectivity index (χ2n) is 2.72. The van der Waals surface area contributed by atoms with Gasteiger partial charge >= 0.3 is 0 Å². The fraction of sp³-hybridized carbons (Fsp3) is 0.333. The average Bonchev–Trinajstić information content (AvgIpc) is 2.03. The summed E-state index contributed by atoms with van der Waals surface area (Å²) in [4.78, 5) is 0. The van der Waals surface area contributed by atoms with Gasteiger partial charge in [0, 0.05) is 11.1 Å². The number of benzene rings is 1. The number of hydrogen-bond donors (Lipinski definition) is 0. The van der Waals surface area contributed by atoms with Crippen LogP contribution in [0.15, 0.2) is 18.2 Å². The molecular formula is C9H8F4. The summed E-state index contributed by atoms with van der Waals surface area (Å²) in [6.07, 6.45) is -5.21. The molecule has 0 amide bonds. The molecule has 4 heteroatoms. The second kappa shape index (κ2) is 3.77. The molecule has 0 saturated heterocycles. The van der Waals surface area contributed by atoms with Crippen molar-refractivity contribution in [1.29, 1.82) is 0 Å². The Kier molecular flexibility index (Phi) is 2.90. The van der Waals surface area contributed by atoms with E-state index in [2.05, 4.69) is 0 Å². The van der Waals surface area contributed by atoms with Gasteiger partial charge in [-0.25, -0.2) is 17.6 Å². The van der Waals surface area contributed by atoms with Gasteiger partial charge in [0.25, 0.3) is 12.9 Å². The lowest BCUT2D eigenvalue weighted by molar-refractivity contribution is 0.146. The summed E-state index contributed by atoms with van der Waals surface area (Å²) in [5.41, 5.74) is -0.209. The molecule has 0 nitrogen and oxygen atoms in total. The Bertz CT molecular complexity index is 294. The first-order valence-electron chi connectivity index (χ1n) is 3.69. The van der Waals surface area contributed by atoms with Crippen LogP contribution in [0, 0.1) is 6.92 Å². The second-order valence-corrected chi connectivity index (χ2v) is 2.72. The topological polar surface area (TPSA) is 0 Å². The predicted octanol–water partition coefficient (Wildman–Crippen LogP) is 3.87. The molecule has 1 aromatic rings. The van der Waals surface area contributed by atoms with E-state index in [0.717, 1.165) is 18.2 Å². The minimum atomic E-state index is -2.61. The van der Waals surface area contributed by atoms with Gasteiger partial charge in [-0.05, 0) is 18.6 Å². The fourth-order valence-electron chi connectivity index (χ4n) is 1.08. The molecule has 0 N–H and O–H groups in total. The number of alkyl halides is 4. The summed E-state index contributed by atoms with van der Waals surface area (Å²) in [6.45, 7) is 1.40. The van der Waals surface area contributed by atoms with E-state index in [4.69, 9.17) is 0 Å². The lowest BCUT2D eigenvalue weighted by atomic mass is 10.1. The van der Waals surface area contributed by atoms with Crippen LogP contribution in [-0.2, 0) is 0 Å². The zero-order valence-electron chi connectivity index (χ0n) is 6.90. The van der Waals surface area contributed by atoms with E-state index in [1.807, 2.05) is 0 Å². The van der Waals surface area contributed by atoms with E-state index < -0.39 is 12.9 Å². The standard InChI is InChI=1S/C9H8F4/c1-5-4-6(8(10)11)2-3-7(5)9(12)13/h2-4,8-9H,1H3. The van der Waals surface area contributed by atoms with E-state index in [1.54, 1.807) is 0 Å². The van der Waals surface area contributed by atoms with Crippen LogP contribution < -0.4 is 0 Å². The zero-order valence-corrected chi connectivity index (χ0v) is 6.90. The quantitative estimate of drug-likeness (QED) is 0.624. The van der Waals surface area contributed by atoms with Crippen molar-refractivity contribution in [1.82, 2.24) is 0 Å². The molecule has 0 heterocycles. The molecule has 1 aromatic carbocycles. The van der Waals surface area contributed by atoms with Crippen molar-refractivity contribution in [2.24, 2.45) is 0 Å². The molecule has 72 valence electrons. The van der Waals surface area contributed by atoms with Gasteiger partial charge < -0.3 is 0 Å². The van der Waals surface area contributed by atoms with Crippen molar-refractivity contribution in [3.8, 4) is 0 Å². The predicted molar refractivity (Wildman–Crippen MR) is 41.1 cm³/mol. The molecule has 0 unspecified atom stereocenters. The Morgan fingerprint density at radius 3 is 2.00 bits per heavy atom. The van der Waals surface area contributed by atoms with Crippen LogP contribution >= 0.6 is 0 Å². The minimum Gasteiger partial charge on any atom is -0.205 e. The Hall–Kier alpha value is -1.06. The molecule has 0 aromatic heterocycles. The summed E-state index contributed by atoms with van der Waals surface area (Å²) in [5.74, 6) is 0. The first-order chi connectivity index (χ1) is 6.02. The lowest BCUT2D eigenvalue weighted by Crippen LogP contribution is -1.92. The highest BCUT2D eigenvalue weighted by Crippen LogP contribution is 2.26. The summed E-state index contributed by atoms with van der Waals surface area (Å²) in [6, 6.07) is 3.16. The molecule has 0 aliphatic heterocycles. The molecule has 0 saturated carbocycles. The molecule has 0 atom stereocenters. The summed E-state index contributed by atoms with van der Waals surface area (Å²) >= 11 is 0. The van der Waals surface area contributed by atoms with Crippen LogP contribution in [0.5, 0.6) is 0 Å². The normalized spacial score (nSPS) is 11.3. The number of rotatable bonds is 2. The maximum absolute atomic E-state index is 12.2. The fourth-order valence-corrected chi connectivity index (χ4v) is 1.08. The van der Waals surface area contributed by atoms with Crippen LogP contribution in [0.3, 0.4) is 0 Å². The van der Waals surface area contributed by atoms with Gasteiger partial charge in [0.2, 0.25) is 0 Å². The summed E-state index contributed by atoms with van der Waals surface area (Å²) < 4.78 is 48.5. The van der Waals surface area contributed by atoms with Gasteiger partial charge in [-0.15, -0.1) is 0 Å². The number of halogens is 4. The van der Waals surface area contributed by atoms with Gasteiger partial charge in [0.1, 0.15) is 0 Å². The van der Waals surface area contributed by atoms with Crippen molar-refractivity contribution in [2.75, 3.05) is 0 Å². The van der Waals surface area contributed by atoms with E-state index in [1.165, 1.54) is 6.92 Å². The Morgan fingerprint density at radius 2 is 1.62 bits per heavy atom. The average molecular weight is 192 g/mol. The number of hydrogen-bond acceptors (Lipinski definition) is 0.